The maximum atomic E-state index is 12.0. The van der Waals surface area contributed by atoms with Crippen LogP contribution in [0.25, 0.3) is 0 Å². The number of rotatable bonds is 12. The third-order valence-electron chi connectivity index (χ3n) is 3.26. The van der Waals surface area contributed by atoms with E-state index in [9.17, 15) is 19.2 Å². The largest absolute Gasteiger partial charge is 0.465 e. The highest BCUT2D eigenvalue weighted by Gasteiger charge is 2.29. The van der Waals surface area contributed by atoms with Crippen molar-refractivity contribution in [2.75, 3.05) is 13.1 Å². The number of carboxylic acid groups (broad SMARTS) is 2. The summed E-state index contributed by atoms with van der Waals surface area (Å²) < 4.78 is 4.65. The Morgan fingerprint density at radius 2 is 1.12 bits per heavy atom. The molecule has 0 saturated heterocycles. The van der Waals surface area contributed by atoms with Crippen molar-refractivity contribution >= 4 is 24.1 Å². The lowest BCUT2D eigenvalue weighted by Gasteiger charge is -2.18. The Kier molecular flexibility index (Phi) is 11.7. The maximum absolute atomic E-state index is 12.0. The van der Waals surface area contributed by atoms with E-state index in [4.69, 9.17) is 21.7 Å². The van der Waals surface area contributed by atoms with E-state index in [0.29, 0.717) is 38.8 Å². The first-order valence-corrected chi connectivity index (χ1v) is 7.96. The number of esters is 2. The Labute approximate surface area is 145 Å². The van der Waals surface area contributed by atoms with E-state index < -0.39 is 36.2 Å². The molecule has 0 aromatic heterocycles. The number of hydrogen-bond donors (Lipinski definition) is 6. The Morgan fingerprint density at radius 1 is 0.760 bits per heavy atom. The first kappa shape index (κ1) is 22.6. The number of ether oxygens (including phenoxy) is 1. The minimum atomic E-state index is -1.44. The van der Waals surface area contributed by atoms with E-state index >= 15 is 0 Å². The minimum Gasteiger partial charge on any atom is -0.465 e. The van der Waals surface area contributed by atoms with Crippen LogP contribution < -0.4 is 22.1 Å². The first-order valence-electron chi connectivity index (χ1n) is 7.96. The van der Waals surface area contributed by atoms with E-state index in [2.05, 4.69) is 4.74 Å². The predicted octanol–water partition coefficient (Wildman–Crippen LogP) is -0.413. The molecule has 2 atom stereocenters. The molecule has 0 fully saturated rings. The number of amides is 2. The quantitative estimate of drug-likeness (QED) is 0.152. The van der Waals surface area contributed by atoms with Gasteiger partial charge in [-0.05, 0) is 51.6 Å². The van der Waals surface area contributed by atoms with Gasteiger partial charge in [-0.3, -0.25) is 0 Å². The van der Waals surface area contributed by atoms with Gasteiger partial charge in [-0.1, -0.05) is 0 Å². The number of carbonyl (C=O) groups excluding carboxylic acids is 2. The third-order valence-corrected chi connectivity index (χ3v) is 3.26. The number of carbonyl (C=O) groups is 4. The molecule has 8 N–H and O–H groups in total. The van der Waals surface area contributed by atoms with Crippen molar-refractivity contribution in [3.63, 3.8) is 0 Å². The maximum Gasteiger partial charge on any atom is 0.405 e. The van der Waals surface area contributed by atoms with Crippen molar-refractivity contribution in [3.05, 3.63) is 0 Å². The average molecular weight is 362 g/mol. The van der Waals surface area contributed by atoms with Gasteiger partial charge in [0.1, 0.15) is 12.1 Å². The molecule has 0 heterocycles. The van der Waals surface area contributed by atoms with Gasteiger partial charge in [0, 0.05) is 0 Å². The SMILES string of the molecule is NCCCC[C@H](NC(=O)O)C(=O)OC(=O)[C@H](CCCCN)NC(=O)O. The van der Waals surface area contributed by atoms with Crippen LogP contribution in [-0.2, 0) is 14.3 Å². The Balaban J connectivity index is 4.79. The highest BCUT2D eigenvalue weighted by atomic mass is 16.6. The average Bonchev–Trinajstić information content (AvgIpc) is 2.52. The molecular formula is C14H26N4O7. The molecule has 11 nitrogen and oxygen atoms in total. The number of hydrogen-bond acceptors (Lipinski definition) is 7. The zero-order valence-electron chi connectivity index (χ0n) is 13.9. The molecule has 0 aliphatic carbocycles. The van der Waals surface area contributed by atoms with E-state index in [1.54, 1.807) is 0 Å². The molecule has 0 unspecified atom stereocenters. The standard InChI is InChI=1S/C14H26N4O7/c15-7-3-1-5-9(17-13(21)22)11(19)25-12(20)10(18-14(23)24)6-2-4-8-16/h9-10,17-18H,1-8,15-16H2,(H,21,22)(H,23,24)/t9-,10-/m0/s1. The molecular weight excluding hydrogens is 336 g/mol. The summed E-state index contributed by atoms with van der Waals surface area (Å²) in [5.74, 6) is -2.17. The molecule has 0 rings (SSSR count). The Morgan fingerprint density at radius 3 is 1.40 bits per heavy atom. The van der Waals surface area contributed by atoms with Gasteiger partial charge in [0.25, 0.3) is 0 Å². The Bertz CT molecular complexity index is 418. The molecule has 11 heteroatoms. The second-order valence-corrected chi connectivity index (χ2v) is 5.31. The first-order chi connectivity index (χ1) is 11.8. The fourth-order valence-corrected chi connectivity index (χ4v) is 2.02. The van der Waals surface area contributed by atoms with E-state index in [-0.39, 0.29) is 12.8 Å². The van der Waals surface area contributed by atoms with E-state index in [1.807, 2.05) is 10.6 Å². The van der Waals surface area contributed by atoms with Gasteiger partial charge in [-0.25, -0.2) is 19.2 Å². The van der Waals surface area contributed by atoms with Gasteiger partial charge in [0.15, 0.2) is 0 Å². The zero-order valence-corrected chi connectivity index (χ0v) is 13.9. The molecule has 144 valence electrons. The topological polar surface area (TPSA) is 194 Å². The van der Waals surface area contributed by atoms with E-state index in [0.717, 1.165) is 0 Å². The van der Waals surface area contributed by atoms with Crippen LogP contribution in [0.15, 0.2) is 0 Å². The van der Waals surface area contributed by atoms with Crippen molar-refractivity contribution in [2.45, 2.75) is 50.6 Å². The smallest absolute Gasteiger partial charge is 0.405 e. The summed E-state index contributed by atoms with van der Waals surface area (Å²) in [6.45, 7) is 0.749. The van der Waals surface area contributed by atoms with Crippen molar-refractivity contribution in [1.82, 2.24) is 10.6 Å². The normalized spacial score (nSPS) is 12.7. The Hall–Kier alpha value is -2.40. The summed E-state index contributed by atoms with van der Waals surface area (Å²) in [4.78, 5) is 45.5. The summed E-state index contributed by atoms with van der Waals surface area (Å²) in [5, 5.41) is 21.5. The summed E-state index contributed by atoms with van der Waals surface area (Å²) in [7, 11) is 0. The van der Waals surface area contributed by atoms with Crippen molar-refractivity contribution in [3.8, 4) is 0 Å². The van der Waals surface area contributed by atoms with Crippen LogP contribution in [-0.4, -0.2) is 59.5 Å². The van der Waals surface area contributed by atoms with Crippen LogP contribution in [0.4, 0.5) is 9.59 Å². The molecule has 0 radical (unpaired) electrons. The van der Waals surface area contributed by atoms with Crippen LogP contribution in [0.3, 0.4) is 0 Å². The van der Waals surface area contributed by atoms with Crippen LogP contribution in [0, 0.1) is 0 Å². The lowest BCUT2D eigenvalue weighted by molar-refractivity contribution is -0.162. The number of nitrogens with one attached hydrogen (secondary N) is 2. The fourth-order valence-electron chi connectivity index (χ4n) is 2.02. The molecule has 0 aliphatic rings. The second kappa shape index (κ2) is 13.0. The molecule has 25 heavy (non-hydrogen) atoms. The van der Waals surface area contributed by atoms with Crippen molar-refractivity contribution < 1.29 is 34.1 Å². The lowest BCUT2D eigenvalue weighted by Crippen LogP contribution is -2.46. The summed E-state index contributed by atoms with van der Waals surface area (Å²) in [6.07, 6.45) is -0.603. The van der Waals surface area contributed by atoms with Crippen LogP contribution in [0.5, 0.6) is 0 Å². The molecule has 0 aromatic carbocycles. The van der Waals surface area contributed by atoms with Crippen molar-refractivity contribution in [1.29, 1.82) is 0 Å². The van der Waals surface area contributed by atoms with Gasteiger partial charge >= 0.3 is 24.1 Å². The number of unbranched alkanes of at least 4 members (excludes halogenated alkanes) is 2. The van der Waals surface area contributed by atoms with Gasteiger partial charge < -0.3 is 37.1 Å². The van der Waals surface area contributed by atoms with Crippen LogP contribution in [0.2, 0.25) is 0 Å². The van der Waals surface area contributed by atoms with Gasteiger partial charge in [-0.2, -0.15) is 0 Å². The van der Waals surface area contributed by atoms with Crippen LogP contribution >= 0.6 is 0 Å². The second-order valence-electron chi connectivity index (χ2n) is 5.31. The molecule has 2 amide bonds. The molecule has 0 aromatic rings. The van der Waals surface area contributed by atoms with E-state index in [1.165, 1.54) is 0 Å². The van der Waals surface area contributed by atoms with Gasteiger partial charge in [-0.15, -0.1) is 0 Å². The monoisotopic (exact) mass is 362 g/mol. The zero-order chi connectivity index (χ0) is 19.2. The predicted molar refractivity (Wildman–Crippen MR) is 86.8 cm³/mol. The van der Waals surface area contributed by atoms with Gasteiger partial charge in [0.2, 0.25) is 0 Å². The highest BCUT2D eigenvalue weighted by Crippen LogP contribution is 2.07. The molecule has 0 aliphatic heterocycles. The number of nitrogens with two attached hydrogens (primary N) is 2. The fraction of sp³-hybridized carbons (Fsp3) is 0.714. The third kappa shape index (κ3) is 10.9. The molecule has 0 spiro atoms. The lowest BCUT2D eigenvalue weighted by atomic mass is 10.1. The summed E-state index contributed by atoms with van der Waals surface area (Å²) in [5.41, 5.74) is 10.7. The summed E-state index contributed by atoms with van der Waals surface area (Å²) >= 11 is 0. The minimum absolute atomic E-state index is 0.111. The van der Waals surface area contributed by atoms with Crippen molar-refractivity contribution in [2.24, 2.45) is 11.5 Å². The van der Waals surface area contributed by atoms with Crippen LogP contribution in [0.1, 0.15) is 38.5 Å². The van der Waals surface area contributed by atoms with Gasteiger partial charge in [0.05, 0.1) is 0 Å². The summed E-state index contributed by atoms with van der Waals surface area (Å²) in [6, 6.07) is -2.47. The molecule has 0 bridgehead atoms. The molecule has 0 saturated carbocycles. The highest BCUT2D eigenvalue weighted by molar-refractivity contribution is 5.93.